The van der Waals surface area contributed by atoms with Crippen LogP contribution >= 0.6 is 11.3 Å². The van der Waals surface area contributed by atoms with E-state index in [0.717, 1.165) is 24.8 Å². The molecule has 2 rings (SSSR count). The standard InChI is InChI=1S/C12H13NOS/c1-2-3-4-9-10-7-8-15-12(10)6-5-11(9)13-14/h5-8H,2-4H2,1H3. The lowest BCUT2D eigenvalue weighted by Crippen LogP contribution is -1.86. The minimum absolute atomic E-state index is 0.606. The first-order chi connectivity index (χ1) is 7.36. The predicted octanol–water partition coefficient (Wildman–Crippen LogP) is 4.64. The van der Waals surface area contributed by atoms with Crippen molar-refractivity contribution in [2.45, 2.75) is 26.2 Å². The van der Waals surface area contributed by atoms with Crippen LogP contribution in [0.25, 0.3) is 10.1 Å². The zero-order chi connectivity index (χ0) is 10.7. The van der Waals surface area contributed by atoms with Crippen molar-refractivity contribution < 1.29 is 0 Å². The molecule has 0 saturated heterocycles. The van der Waals surface area contributed by atoms with Crippen molar-refractivity contribution in [2.24, 2.45) is 5.18 Å². The highest BCUT2D eigenvalue weighted by Gasteiger charge is 2.08. The molecule has 15 heavy (non-hydrogen) atoms. The van der Waals surface area contributed by atoms with Gasteiger partial charge in [-0.05, 0) is 52.5 Å². The van der Waals surface area contributed by atoms with E-state index >= 15 is 0 Å². The van der Waals surface area contributed by atoms with Gasteiger partial charge in [0, 0.05) is 4.70 Å². The fourth-order valence-electron chi connectivity index (χ4n) is 1.79. The fraction of sp³-hybridized carbons (Fsp3) is 0.333. The minimum atomic E-state index is 0.606. The summed E-state index contributed by atoms with van der Waals surface area (Å²) in [6.07, 6.45) is 3.20. The number of benzene rings is 1. The minimum Gasteiger partial charge on any atom is -0.145 e. The molecule has 0 atom stereocenters. The molecule has 2 nitrogen and oxygen atoms in total. The maximum absolute atomic E-state index is 10.7. The van der Waals surface area contributed by atoms with Gasteiger partial charge in [0.2, 0.25) is 0 Å². The zero-order valence-corrected chi connectivity index (χ0v) is 9.51. The molecule has 0 amide bonds. The van der Waals surface area contributed by atoms with Crippen molar-refractivity contribution in [3.05, 3.63) is 34.0 Å². The molecule has 3 heteroatoms. The largest absolute Gasteiger partial charge is 0.145 e. The van der Waals surface area contributed by atoms with Crippen LogP contribution in [0.5, 0.6) is 0 Å². The topological polar surface area (TPSA) is 29.4 Å². The Morgan fingerprint density at radius 3 is 2.93 bits per heavy atom. The Morgan fingerprint density at radius 1 is 1.33 bits per heavy atom. The van der Waals surface area contributed by atoms with E-state index in [1.807, 2.05) is 12.1 Å². The third-order valence-electron chi connectivity index (χ3n) is 2.60. The number of fused-ring (bicyclic) bond motifs is 1. The van der Waals surface area contributed by atoms with Crippen molar-refractivity contribution in [3.63, 3.8) is 0 Å². The van der Waals surface area contributed by atoms with E-state index in [1.54, 1.807) is 11.3 Å². The second-order valence-corrected chi connectivity index (χ2v) is 4.54. The summed E-state index contributed by atoms with van der Waals surface area (Å²) in [6.45, 7) is 2.15. The Bertz CT molecular complexity index is 475. The first kappa shape index (κ1) is 10.3. The molecule has 1 aromatic carbocycles. The van der Waals surface area contributed by atoms with Crippen LogP contribution in [-0.2, 0) is 6.42 Å². The number of hydrogen-bond donors (Lipinski definition) is 0. The molecule has 0 aliphatic rings. The van der Waals surface area contributed by atoms with Crippen LogP contribution in [0.15, 0.2) is 28.8 Å². The van der Waals surface area contributed by atoms with Gasteiger partial charge in [0.25, 0.3) is 0 Å². The summed E-state index contributed by atoms with van der Waals surface area (Å²) in [4.78, 5) is 10.7. The highest BCUT2D eigenvalue weighted by atomic mass is 32.1. The molecule has 0 bridgehead atoms. The lowest BCUT2D eigenvalue weighted by atomic mass is 10.0. The molecule has 2 aromatic rings. The predicted molar refractivity (Wildman–Crippen MR) is 65.9 cm³/mol. The van der Waals surface area contributed by atoms with E-state index in [9.17, 15) is 4.91 Å². The monoisotopic (exact) mass is 219 g/mol. The molecule has 0 unspecified atom stereocenters. The van der Waals surface area contributed by atoms with Gasteiger partial charge in [-0.3, -0.25) is 0 Å². The van der Waals surface area contributed by atoms with Crippen LogP contribution < -0.4 is 0 Å². The third kappa shape index (κ3) is 1.92. The van der Waals surface area contributed by atoms with Gasteiger partial charge in [0.05, 0.1) is 0 Å². The molecule has 0 N–H and O–H groups in total. The van der Waals surface area contributed by atoms with Crippen LogP contribution in [0, 0.1) is 4.91 Å². The first-order valence-electron chi connectivity index (χ1n) is 5.19. The number of nitrogens with zero attached hydrogens (tertiary/aromatic N) is 1. The highest BCUT2D eigenvalue weighted by molar-refractivity contribution is 7.17. The lowest BCUT2D eigenvalue weighted by Gasteiger charge is -2.04. The SMILES string of the molecule is CCCCc1c(N=O)ccc2sccc12. The van der Waals surface area contributed by atoms with Gasteiger partial charge in [-0.25, -0.2) is 0 Å². The van der Waals surface area contributed by atoms with E-state index in [1.165, 1.54) is 10.1 Å². The molecule has 0 spiro atoms. The van der Waals surface area contributed by atoms with Gasteiger partial charge in [-0.2, -0.15) is 0 Å². The Balaban J connectivity index is 2.52. The van der Waals surface area contributed by atoms with E-state index in [2.05, 4.69) is 23.5 Å². The van der Waals surface area contributed by atoms with Crippen molar-refractivity contribution in [3.8, 4) is 0 Å². The Hall–Kier alpha value is -1.22. The Kier molecular flexibility index (Phi) is 3.11. The van der Waals surface area contributed by atoms with Gasteiger partial charge >= 0.3 is 0 Å². The van der Waals surface area contributed by atoms with E-state index in [0.29, 0.717) is 5.69 Å². The van der Waals surface area contributed by atoms with Crippen molar-refractivity contribution in [2.75, 3.05) is 0 Å². The number of rotatable bonds is 4. The number of nitroso groups, excluding NO2 is 1. The van der Waals surface area contributed by atoms with Crippen molar-refractivity contribution in [1.29, 1.82) is 0 Å². The van der Waals surface area contributed by atoms with E-state index in [-0.39, 0.29) is 0 Å². The van der Waals surface area contributed by atoms with Gasteiger partial charge < -0.3 is 0 Å². The molecule has 0 saturated carbocycles. The fourth-order valence-corrected chi connectivity index (χ4v) is 2.61. The first-order valence-corrected chi connectivity index (χ1v) is 6.07. The smallest absolute Gasteiger partial charge is 0.111 e. The second-order valence-electron chi connectivity index (χ2n) is 3.59. The maximum atomic E-state index is 10.7. The van der Waals surface area contributed by atoms with Gasteiger partial charge in [0.15, 0.2) is 0 Å². The van der Waals surface area contributed by atoms with E-state index in [4.69, 9.17) is 0 Å². The normalized spacial score (nSPS) is 10.7. The molecular formula is C12H13NOS. The lowest BCUT2D eigenvalue weighted by molar-refractivity contribution is 0.799. The summed E-state index contributed by atoms with van der Waals surface area (Å²) < 4.78 is 1.24. The Morgan fingerprint density at radius 2 is 2.20 bits per heavy atom. The summed E-state index contributed by atoms with van der Waals surface area (Å²) in [5.74, 6) is 0. The van der Waals surface area contributed by atoms with Crippen LogP contribution in [-0.4, -0.2) is 0 Å². The number of aryl methyl sites for hydroxylation is 1. The summed E-state index contributed by atoms with van der Waals surface area (Å²) in [6, 6.07) is 5.89. The average Bonchev–Trinajstić information content (AvgIpc) is 2.73. The summed E-state index contributed by atoms with van der Waals surface area (Å²) >= 11 is 1.71. The van der Waals surface area contributed by atoms with Crippen LogP contribution in [0.3, 0.4) is 0 Å². The number of hydrogen-bond acceptors (Lipinski definition) is 3. The molecule has 78 valence electrons. The molecule has 0 aliphatic heterocycles. The zero-order valence-electron chi connectivity index (χ0n) is 8.69. The second kappa shape index (κ2) is 4.53. The Labute approximate surface area is 92.9 Å². The van der Waals surface area contributed by atoms with Crippen LogP contribution in [0.2, 0.25) is 0 Å². The molecule has 1 aromatic heterocycles. The molecule has 0 radical (unpaired) electrons. The maximum Gasteiger partial charge on any atom is 0.111 e. The van der Waals surface area contributed by atoms with Gasteiger partial charge in [0.1, 0.15) is 5.69 Å². The quantitative estimate of drug-likeness (QED) is 0.689. The summed E-state index contributed by atoms with van der Waals surface area (Å²) in [7, 11) is 0. The molecule has 0 fully saturated rings. The van der Waals surface area contributed by atoms with E-state index < -0.39 is 0 Å². The van der Waals surface area contributed by atoms with Crippen molar-refractivity contribution >= 4 is 27.1 Å². The van der Waals surface area contributed by atoms with Gasteiger partial charge in [-0.15, -0.1) is 16.2 Å². The number of thiophene rings is 1. The average molecular weight is 219 g/mol. The molecule has 1 heterocycles. The van der Waals surface area contributed by atoms with Crippen LogP contribution in [0.4, 0.5) is 5.69 Å². The van der Waals surface area contributed by atoms with Crippen LogP contribution in [0.1, 0.15) is 25.3 Å². The molecule has 0 aliphatic carbocycles. The summed E-state index contributed by atoms with van der Waals surface area (Å²) in [5.41, 5.74) is 1.72. The van der Waals surface area contributed by atoms with Crippen molar-refractivity contribution in [1.82, 2.24) is 0 Å². The number of unbranched alkanes of at least 4 members (excludes halogenated alkanes) is 1. The molecular weight excluding hydrogens is 206 g/mol. The van der Waals surface area contributed by atoms with Gasteiger partial charge in [-0.1, -0.05) is 13.3 Å². The highest BCUT2D eigenvalue weighted by Crippen LogP contribution is 2.32. The third-order valence-corrected chi connectivity index (χ3v) is 3.48. The summed E-state index contributed by atoms with van der Waals surface area (Å²) in [5, 5.41) is 6.37.